The van der Waals surface area contributed by atoms with Gasteiger partial charge >= 0.3 is 0 Å². The van der Waals surface area contributed by atoms with E-state index < -0.39 is 5.54 Å². The third kappa shape index (κ3) is 2.74. The number of hydrogen-bond donors (Lipinski definition) is 1. The highest BCUT2D eigenvalue weighted by molar-refractivity contribution is 5.93. The van der Waals surface area contributed by atoms with Crippen LogP contribution < -0.4 is 5.73 Å². The van der Waals surface area contributed by atoms with E-state index in [0.29, 0.717) is 51.6 Å². The summed E-state index contributed by atoms with van der Waals surface area (Å²) < 4.78 is 10.9. The van der Waals surface area contributed by atoms with Crippen molar-refractivity contribution in [2.24, 2.45) is 5.73 Å². The molecule has 0 aromatic carbocycles. The fourth-order valence-corrected chi connectivity index (χ4v) is 3.49. The molecular weight excluding hydrogens is 298 g/mol. The van der Waals surface area contributed by atoms with Gasteiger partial charge in [0.25, 0.3) is 5.91 Å². The van der Waals surface area contributed by atoms with Crippen molar-refractivity contribution in [2.45, 2.75) is 25.8 Å². The summed E-state index contributed by atoms with van der Waals surface area (Å²) in [5.74, 6) is 0.711. The average Bonchev–Trinajstić information content (AvgIpc) is 3.14. The smallest absolute Gasteiger partial charge is 0.289 e. The third-order valence-electron chi connectivity index (χ3n) is 4.87. The highest BCUT2D eigenvalue weighted by Crippen LogP contribution is 2.28. The Morgan fingerprint density at radius 2 is 1.91 bits per heavy atom. The summed E-state index contributed by atoms with van der Waals surface area (Å²) in [6, 6.07) is 1.86. The summed E-state index contributed by atoms with van der Waals surface area (Å²) in [6.07, 6.45) is 0.618. The lowest BCUT2D eigenvalue weighted by Crippen LogP contribution is -2.63. The molecule has 3 heterocycles. The minimum absolute atomic E-state index is 0.0916. The number of carbonyl (C=O) groups is 2. The van der Waals surface area contributed by atoms with Crippen molar-refractivity contribution < 1.29 is 18.7 Å². The zero-order valence-electron chi connectivity index (χ0n) is 13.6. The first-order valence-electron chi connectivity index (χ1n) is 7.93. The predicted octanol–water partition coefficient (Wildman–Crippen LogP) is 0.299. The second kappa shape index (κ2) is 5.98. The highest BCUT2D eigenvalue weighted by atomic mass is 16.5. The average molecular weight is 321 g/mol. The molecule has 2 saturated heterocycles. The maximum Gasteiger partial charge on any atom is 0.289 e. The van der Waals surface area contributed by atoms with Crippen molar-refractivity contribution in [2.75, 3.05) is 39.4 Å². The van der Waals surface area contributed by atoms with Gasteiger partial charge in [0.15, 0.2) is 5.76 Å². The number of aryl methyl sites for hydroxylation is 2. The molecule has 1 atom stereocenters. The number of nitrogens with zero attached hydrogens (tertiary/aromatic N) is 2. The second-order valence-corrected chi connectivity index (χ2v) is 6.35. The largest absolute Gasteiger partial charge is 0.456 e. The molecule has 1 aromatic heterocycles. The van der Waals surface area contributed by atoms with Gasteiger partial charge in [-0.2, -0.15) is 0 Å². The Morgan fingerprint density at radius 1 is 1.22 bits per heavy atom. The van der Waals surface area contributed by atoms with Gasteiger partial charge in [-0.3, -0.25) is 14.5 Å². The number of primary amides is 1. The molecule has 3 rings (SSSR count). The van der Waals surface area contributed by atoms with Gasteiger partial charge in [-0.1, -0.05) is 0 Å². The molecule has 7 heteroatoms. The van der Waals surface area contributed by atoms with E-state index in [1.54, 1.807) is 4.90 Å². The topological polar surface area (TPSA) is 89.0 Å². The van der Waals surface area contributed by atoms with Crippen LogP contribution in [-0.2, 0) is 9.53 Å². The van der Waals surface area contributed by atoms with Crippen molar-refractivity contribution in [3.63, 3.8) is 0 Å². The SMILES string of the molecule is Cc1cc(C)c(C(=O)N2CCN(C3(C(N)=O)CCOC3)CC2)o1. The number of carbonyl (C=O) groups excluding carboxylic acids is 2. The summed E-state index contributed by atoms with van der Waals surface area (Å²) >= 11 is 0. The summed E-state index contributed by atoms with van der Waals surface area (Å²) in [5, 5.41) is 0. The van der Waals surface area contributed by atoms with Crippen LogP contribution in [0.15, 0.2) is 10.5 Å². The second-order valence-electron chi connectivity index (χ2n) is 6.35. The van der Waals surface area contributed by atoms with Gasteiger partial charge in [0, 0.05) is 44.8 Å². The lowest BCUT2D eigenvalue weighted by molar-refractivity contribution is -0.131. The van der Waals surface area contributed by atoms with E-state index in [2.05, 4.69) is 4.90 Å². The van der Waals surface area contributed by atoms with E-state index in [9.17, 15) is 9.59 Å². The first kappa shape index (κ1) is 16.0. The lowest BCUT2D eigenvalue weighted by Gasteiger charge is -2.43. The number of nitrogens with two attached hydrogens (primary N) is 1. The summed E-state index contributed by atoms with van der Waals surface area (Å²) in [7, 11) is 0. The molecule has 126 valence electrons. The van der Waals surface area contributed by atoms with E-state index in [0.717, 1.165) is 11.3 Å². The van der Waals surface area contributed by atoms with Gasteiger partial charge in [0.2, 0.25) is 5.91 Å². The fraction of sp³-hybridized carbons (Fsp3) is 0.625. The van der Waals surface area contributed by atoms with Gasteiger partial charge in [-0.15, -0.1) is 0 Å². The van der Waals surface area contributed by atoms with Crippen LogP contribution in [0.2, 0.25) is 0 Å². The summed E-state index contributed by atoms with van der Waals surface area (Å²) in [4.78, 5) is 28.3. The van der Waals surface area contributed by atoms with Gasteiger partial charge in [-0.25, -0.2) is 0 Å². The van der Waals surface area contributed by atoms with Crippen molar-refractivity contribution in [3.05, 3.63) is 23.2 Å². The molecule has 2 fully saturated rings. The van der Waals surface area contributed by atoms with Gasteiger partial charge in [0.1, 0.15) is 11.3 Å². The quantitative estimate of drug-likeness (QED) is 0.865. The first-order valence-corrected chi connectivity index (χ1v) is 7.93. The molecule has 1 unspecified atom stereocenters. The molecule has 0 bridgehead atoms. The fourth-order valence-electron chi connectivity index (χ4n) is 3.49. The number of amides is 2. The van der Waals surface area contributed by atoms with Crippen LogP contribution in [0.25, 0.3) is 0 Å². The highest BCUT2D eigenvalue weighted by Gasteiger charge is 2.47. The van der Waals surface area contributed by atoms with E-state index in [4.69, 9.17) is 14.9 Å². The number of piperazine rings is 1. The molecule has 0 saturated carbocycles. The molecule has 2 aliphatic rings. The summed E-state index contributed by atoms with van der Waals surface area (Å²) in [5.41, 5.74) is 5.75. The Labute approximate surface area is 135 Å². The van der Waals surface area contributed by atoms with Crippen LogP contribution in [-0.4, -0.2) is 66.5 Å². The Balaban J connectivity index is 1.67. The molecule has 0 radical (unpaired) electrons. The maximum absolute atomic E-state index is 12.6. The molecule has 2 N–H and O–H groups in total. The Kier molecular flexibility index (Phi) is 4.16. The Hall–Kier alpha value is -1.86. The zero-order valence-corrected chi connectivity index (χ0v) is 13.6. The van der Waals surface area contributed by atoms with E-state index in [1.807, 2.05) is 19.9 Å². The molecular formula is C16H23N3O4. The molecule has 0 aliphatic carbocycles. The molecule has 2 aliphatic heterocycles. The van der Waals surface area contributed by atoms with Gasteiger partial charge < -0.3 is 19.8 Å². The van der Waals surface area contributed by atoms with Crippen LogP contribution >= 0.6 is 0 Å². The Morgan fingerprint density at radius 3 is 2.39 bits per heavy atom. The van der Waals surface area contributed by atoms with Crippen LogP contribution in [0.1, 0.15) is 28.3 Å². The van der Waals surface area contributed by atoms with Crippen LogP contribution in [0.3, 0.4) is 0 Å². The lowest BCUT2D eigenvalue weighted by atomic mass is 9.94. The monoisotopic (exact) mass is 321 g/mol. The van der Waals surface area contributed by atoms with Gasteiger partial charge in [0.05, 0.1) is 6.61 Å². The Bertz CT molecular complexity index is 611. The number of ether oxygens (including phenoxy) is 1. The minimum Gasteiger partial charge on any atom is -0.456 e. The van der Waals surface area contributed by atoms with Crippen molar-refractivity contribution >= 4 is 11.8 Å². The number of hydrogen-bond acceptors (Lipinski definition) is 5. The van der Waals surface area contributed by atoms with Crippen LogP contribution in [0.4, 0.5) is 0 Å². The molecule has 1 aromatic rings. The number of furan rings is 1. The number of rotatable bonds is 3. The van der Waals surface area contributed by atoms with E-state index in [1.165, 1.54) is 0 Å². The third-order valence-corrected chi connectivity index (χ3v) is 4.87. The summed E-state index contributed by atoms with van der Waals surface area (Å²) in [6.45, 7) is 6.91. The molecule has 7 nitrogen and oxygen atoms in total. The van der Waals surface area contributed by atoms with E-state index in [-0.39, 0.29) is 11.8 Å². The van der Waals surface area contributed by atoms with Crippen molar-refractivity contribution in [1.82, 2.24) is 9.80 Å². The zero-order chi connectivity index (χ0) is 16.6. The molecule has 23 heavy (non-hydrogen) atoms. The molecule has 2 amide bonds. The normalized spacial score (nSPS) is 25.7. The standard InChI is InChI=1S/C16H23N3O4/c1-11-9-12(2)23-13(11)14(20)18-4-6-19(7-5-18)16(15(17)21)3-8-22-10-16/h9H,3-8,10H2,1-2H3,(H2,17,21). The van der Waals surface area contributed by atoms with Crippen molar-refractivity contribution in [3.8, 4) is 0 Å². The predicted molar refractivity (Wildman–Crippen MR) is 83.0 cm³/mol. The van der Waals surface area contributed by atoms with Gasteiger partial charge in [-0.05, 0) is 19.9 Å². The minimum atomic E-state index is -0.716. The van der Waals surface area contributed by atoms with E-state index >= 15 is 0 Å². The maximum atomic E-state index is 12.6. The molecule has 0 spiro atoms. The first-order chi connectivity index (χ1) is 10.9. The van der Waals surface area contributed by atoms with Crippen LogP contribution in [0, 0.1) is 13.8 Å². The van der Waals surface area contributed by atoms with Crippen LogP contribution in [0.5, 0.6) is 0 Å². The van der Waals surface area contributed by atoms with Crippen molar-refractivity contribution in [1.29, 1.82) is 0 Å².